The molecule has 0 bridgehead atoms. The predicted molar refractivity (Wildman–Crippen MR) is 68.8 cm³/mol. The number of hydrogen-bond acceptors (Lipinski definition) is 7. The molecule has 116 valence electrons. The molecule has 1 unspecified atom stereocenters. The third-order valence-corrected chi connectivity index (χ3v) is 3.20. The fraction of sp³-hybridized carbons (Fsp3) is 0.833. The Morgan fingerprint density at radius 3 is 2.60 bits per heavy atom. The highest BCUT2D eigenvalue weighted by atomic mass is 16.5. The quantitative estimate of drug-likeness (QED) is 0.345. The Morgan fingerprint density at radius 1 is 1.35 bits per heavy atom. The van der Waals surface area contributed by atoms with E-state index in [9.17, 15) is 14.7 Å². The van der Waals surface area contributed by atoms with Crippen molar-refractivity contribution in [3.63, 3.8) is 0 Å². The Hall–Kier alpha value is -1.22. The zero-order chi connectivity index (χ0) is 15.1. The van der Waals surface area contributed by atoms with Crippen LogP contribution < -0.4 is 11.1 Å². The van der Waals surface area contributed by atoms with E-state index in [0.29, 0.717) is 12.8 Å². The van der Waals surface area contributed by atoms with Crippen LogP contribution in [0.2, 0.25) is 0 Å². The van der Waals surface area contributed by atoms with E-state index in [-0.39, 0.29) is 38.1 Å². The molecule has 0 aromatic rings. The summed E-state index contributed by atoms with van der Waals surface area (Å²) in [5.41, 5.74) is 5.51. The Balaban J connectivity index is 2.30. The molecule has 4 atom stereocenters. The lowest BCUT2D eigenvalue weighted by molar-refractivity contribution is -0.147. The molecule has 6 N–H and O–H groups in total. The summed E-state index contributed by atoms with van der Waals surface area (Å²) in [7, 11) is 0. The maximum absolute atomic E-state index is 11.6. The van der Waals surface area contributed by atoms with Crippen molar-refractivity contribution in [1.29, 1.82) is 0 Å². The highest BCUT2D eigenvalue weighted by Crippen LogP contribution is 2.14. The summed E-state index contributed by atoms with van der Waals surface area (Å²) in [5.74, 6) is -1.68. The molecule has 1 aliphatic rings. The summed E-state index contributed by atoms with van der Waals surface area (Å²) < 4.78 is 5.00. The van der Waals surface area contributed by atoms with Crippen molar-refractivity contribution in [3.8, 4) is 0 Å². The van der Waals surface area contributed by atoms with Gasteiger partial charge >= 0.3 is 11.9 Å². The van der Waals surface area contributed by atoms with Crippen LogP contribution in [0.5, 0.6) is 0 Å². The maximum Gasteiger partial charge on any atom is 0.322 e. The second-order valence-corrected chi connectivity index (χ2v) is 5.04. The number of esters is 1. The zero-order valence-electron chi connectivity index (χ0n) is 11.2. The first-order chi connectivity index (χ1) is 9.42. The maximum atomic E-state index is 11.6. The summed E-state index contributed by atoms with van der Waals surface area (Å²) >= 11 is 0. The Bertz CT molecular complexity index is 338. The van der Waals surface area contributed by atoms with Crippen molar-refractivity contribution in [2.75, 3.05) is 13.2 Å². The number of rotatable bonds is 7. The van der Waals surface area contributed by atoms with Gasteiger partial charge in [0.1, 0.15) is 12.6 Å². The van der Waals surface area contributed by atoms with Crippen molar-refractivity contribution in [2.24, 2.45) is 5.73 Å². The van der Waals surface area contributed by atoms with Gasteiger partial charge in [-0.15, -0.1) is 0 Å². The van der Waals surface area contributed by atoms with Gasteiger partial charge in [-0.25, -0.2) is 0 Å². The first kappa shape index (κ1) is 16.8. The van der Waals surface area contributed by atoms with Crippen molar-refractivity contribution in [3.05, 3.63) is 0 Å². The van der Waals surface area contributed by atoms with E-state index in [4.69, 9.17) is 20.7 Å². The average molecular weight is 290 g/mol. The third kappa shape index (κ3) is 5.83. The molecule has 0 amide bonds. The van der Waals surface area contributed by atoms with Crippen molar-refractivity contribution in [2.45, 2.75) is 49.9 Å². The van der Waals surface area contributed by atoms with Gasteiger partial charge in [-0.1, -0.05) is 0 Å². The highest BCUT2D eigenvalue weighted by Gasteiger charge is 2.28. The van der Waals surface area contributed by atoms with Crippen LogP contribution in [-0.2, 0) is 14.3 Å². The molecule has 1 saturated heterocycles. The standard InChI is InChI=1S/C12H22N2O6/c13-10(1-2-11(17)18)12(19)20-6-8-4-9(16)3-7(5-15)14-8/h7-10,14-16H,1-6,13H2,(H,17,18)/t7-,8+,9-,10?/m0/s1. The Morgan fingerprint density at radius 2 is 2.00 bits per heavy atom. The van der Waals surface area contributed by atoms with Crippen molar-refractivity contribution < 1.29 is 29.6 Å². The monoisotopic (exact) mass is 290 g/mol. The minimum absolute atomic E-state index is 0.0220. The number of carboxylic acid groups (broad SMARTS) is 1. The van der Waals surface area contributed by atoms with Crippen LogP contribution in [0.1, 0.15) is 25.7 Å². The number of ether oxygens (including phenoxy) is 1. The molecule has 8 heteroatoms. The van der Waals surface area contributed by atoms with E-state index < -0.39 is 24.1 Å². The molecule has 0 spiro atoms. The number of aliphatic hydroxyl groups is 2. The molecule has 0 radical (unpaired) electrons. The van der Waals surface area contributed by atoms with E-state index in [1.807, 2.05) is 0 Å². The first-order valence-electron chi connectivity index (χ1n) is 6.61. The molecule has 1 heterocycles. The van der Waals surface area contributed by atoms with Gasteiger partial charge in [-0.2, -0.15) is 0 Å². The van der Waals surface area contributed by atoms with Crippen molar-refractivity contribution in [1.82, 2.24) is 5.32 Å². The number of nitrogens with two attached hydrogens (primary N) is 1. The van der Waals surface area contributed by atoms with Gasteiger partial charge in [0.2, 0.25) is 0 Å². The van der Waals surface area contributed by atoms with Gasteiger partial charge in [0, 0.05) is 18.5 Å². The fourth-order valence-electron chi connectivity index (χ4n) is 2.15. The van der Waals surface area contributed by atoms with Gasteiger partial charge < -0.3 is 31.1 Å². The SMILES string of the molecule is NC(CCC(=O)O)C(=O)OC[C@H]1C[C@@H](O)C[C@@H](CO)N1. The van der Waals surface area contributed by atoms with E-state index in [1.165, 1.54) is 0 Å². The Kier molecular flexibility index (Phi) is 6.86. The van der Waals surface area contributed by atoms with Crippen LogP contribution in [0.25, 0.3) is 0 Å². The highest BCUT2D eigenvalue weighted by molar-refractivity contribution is 5.76. The molecule has 1 aliphatic heterocycles. The molecule has 0 aromatic heterocycles. The average Bonchev–Trinajstić information content (AvgIpc) is 2.41. The van der Waals surface area contributed by atoms with Gasteiger partial charge in [0.25, 0.3) is 0 Å². The Labute approximate surface area is 116 Å². The van der Waals surface area contributed by atoms with E-state index in [2.05, 4.69) is 5.32 Å². The smallest absolute Gasteiger partial charge is 0.322 e. The van der Waals surface area contributed by atoms with Crippen LogP contribution in [-0.4, -0.2) is 64.7 Å². The van der Waals surface area contributed by atoms with Crippen LogP contribution in [0.3, 0.4) is 0 Å². The molecule has 1 fully saturated rings. The third-order valence-electron chi connectivity index (χ3n) is 3.20. The van der Waals surface area contributed by atoms with Crippen LogP contribution >= 0.6 is 0 Å². The molecule has 0 saturated carbocycles. The number of piperidine rings is 1. The number of aliphatic carboxylic acids is 1. The first-order valence-corrected chi connectivity index (χ1v) is 6.61. The van der Waals surface area contributed by atoms with Gasteiger partial charge in [0.15, 0.2) is 0 Å². The number of carbonyl (C=O) groups excluding carboxylic acids is 1. The van der Waals surface area contributed by atoms with E-state index in [0.717, 1.165) is 0 Å². The number of hydrogen-bond donors (Lipinski definition) is 5. The van der Waals surface area contributed by atoms with Gasteiger partial charge in [-0.3, -0.25) is 9.59 Å². The fourth-order valence-corrected chi connectivity index (χ4v) is 2.15. The van der Waals surface area contributed by atoms with E-state index in [1.54, 1.807) is 0 Å². The molecule has 0 aliphatic carbocycles. The summed E-state index contributed by atoms with van der Waals surface area (Å²) in [4.78, 5) is 21.9. The lowest BCUT2D eigenvalue weighted by Gasteiger charge is -2.33. The minimum Gasteiger partial charge on any atom is -0.481 e. The summed E-state index contributed by atoms with van der Waals surface area (Å²) in [5, 5.41) is 30.2. The van der Waals surface area contributed by atoms with Crippen LogP contribution in [0, 0.1) is 0 Å². The van der Waals surface area contributed by atoms with Crippen molar-refractivity contribution >= 4 is 11.9 Å². The molecular weight excluding hydrogens is 268 g/mol. The molecule has 1 rings (SSSR count). The molecule has 8 nitrogen and oxygen atoms in total. The number of aliphatic hydroxyl groups excluding tert-OH is 2. The zero-order valence-corrected chi connectivity index (χ0v) is 11.2. The predicted octanol–water partition coefficient (Wildman–Crippen LogP) is -1.80. The van der Waals surface area contributed by atoms with Crippen LogP contribution in [0.15, 0.2) is 0 Å². The van der Waals surface area contributed by atoms with Gasteiger partial charge in [-0.05, 0) is 19.3 Å². The summed E-state index contributed by atoms with van der Waals surface area (Å²) in [6.07, 6.45) is 0.169. The number of carbonyl (C=O) groups is 2. The summed E-state index contributed by atoms with van der Waals surface area (Å²) in [6.45, 7) is -0.0627. The number of nitrogens with one attached hydrogen (secondary N) is 1. The molecular formula is C12H22N2O6. The lowest BCUT2D eigenvalue weighted by atomic mass is 9.97. The number of carboxylic acids is 1. The topological polar surface area (TPSA) is 142 Å². The van der Waals surface area contributed by atoms with Crippen LogP contribution in [0.4, 0.5) is 0 Å². The molecule has 20 heavy (non-hydrogen) atoms. The molecule has 0 aromatic carbocycles. The largest absolute Gasteiger partial charge is 0.481 e. The minimum atomic E-state index is -1.02. The van der Waals surface area contributed by atoms with E-state index >= 15 is 0 Å². The second-order valence-electron chi connectivity index (χ2n) is 5.04. The second kappa shape index (κ2) is 8.15. The summed E-state index contributed by atoms with van der Waals surface area (Å²) in [6, 6.07) is -1.43. The van der Waals surface area contributed by atoms with Gasteiger partial charge in [0.05, 0.1) is 12.7 Å². The lowest BCUT2D eigenvalue weighted by Crippen LogP contribution is -2.51. The normalized spacial score (nSPS) is 27.9.